The van der Waals surface area contributed by atoms with E-state index < -0.39 is 0 Å². The predicted molar refractivity (Wildman–Crippen MR) is 49.0 cm³/mol. The van der Waals surface area contributed by atoms with Gasteiger partial charge in [0.15, 0.2) is 0 Å². The first-order valence-corrected chi connectivity index (χ1v) is 4.80. The molecule has 0 aromatic carbocycles. The highest BCUT2D eigenvalue weighted by molar-refractivity contribution is 5.89. The highest BCUT2D eigenvalue weighted by Crippen LogP contribution is 2.13. The van der Waals surface area contributed by atoms with Gasteiger partial charge in [-0.15, -0.1) is 0 Å². The van der Waals surface area contributed by atoms with Crippen molar-refractivity contribution in [2.75, 3.05) is 13.1 Å². The number of rotatable bonds is 3. The molecule has 76 valence electrons. The Labute approximate surface area is 81.9 Å². The van der Waals surface area contributed by atoms with Crippen LogP contribution in [0.5, 0.6) is 0 Å². The Hall–Kier alpha value is -1.23. The average molecular weight is 195 g/mol. The van der Waals surface area contributed by atoms with Gasteiger partial charge in [0.2, 0.25) is 17.5 Å². The second kappa shape index (κ2) is 3.88. The lowest BCUT2D eigenvalue weighted by Crippen LogP contribution is -2.11. The number of aromatic nitrogens is 2. The van der Waals surface area contributed by atoms with Crippen LogP contribution >= 0.6 is 0 Å². The van der Waals surface area contributed by atoms with Crippen LogP contribution in [0.4, 0.5) is 0 Å². The van der Waals surface area contributed by atoms with Gasteiger partial charge in [-0.25, -0.2) is 0 Å². The van der Waals surface area contributed by atoms with E-state index in [2.05, 4.69) is 15.5 Å². The third kappa shape index (κ3) is 1.98. The van der Waals surface area contributed by atoms with Gasteiger partial charge in [0.05, 0.1) is 0 Å². The molecule has 2 heterocycles. The molecule has 0 amide bonds. The molecule has 1 saturated heterocycles. The average Bonchev–Trinajstić information content (AvgIpc) is 2.75. The zero-order valence-corrected chi connectivity index (χ0v) is 8.12. The Balaban J connectivity index is 1.98. The normalized spacial score (nSPS) is 21.4. The molecule has 0 radical (unpaired) electrons. The highest BCUT2D eigenvalue weighted by Gasteiger charge is 2.19. The third-order valence-electron chi connectivity index (χ3n) is 2.41. The van der Waals surface area contributed by atoms with Crippen LogP contribution < -0.4 is 5.32 Å². The number of carbonyl (C=O) groups excluding carboxylic acids is 1. The lowest BCUT2D eigenvalue weighted by atomic mass is 10.1. The van der Waals surface area contributed by atoms with Gasteiger partial charge in [-0.1, -0.05) is 5.16 Å². The molecule has 2 rings (SSSR count). The summed E-state index contributed by atoms with van der Waals surface area (Å²) in [5.74, 6) is 1.18. The summed E-state index contributed by atoms with van der Waals surface area (Å²) < 4.78 is 4.98. The van der Waals surface area contributed by atoms with Gasteiger partial charge in [-0.3, -0.25) is 4.79 Å². The number of nitrogens with zero attached hydrogens (tertiary/aromatic N) is 2. The Morgan fingerprint density at radius 3 is 3.14 bits per heavy atom. The van der Waals surface area contributed by atoms with E-state index in [1.807, 2.05) is 0 Å². The maximum absolute atomic E-state index is 10.9. The van der Waals surface area contributed by atoms with Gasteiger partial charge in [0.1, 0.15) is 0 Å². The number of nitrogens with one attached hydrogen (secondary N) is 1. The van der Waals surface area contributed by atoms with Gasteiger partial charge in [-0.2, -0.15) is 4.98 Å². The molecule has 1 aliphatic heterocycles. The molecule has 0 aliphatic carbocycles. The van der Waals surface area contributed by atoms with Crippen molar-refractivity contribution >= 4 is 5.78 Å². The molecule has 5 heteroatoms. The van der Waals surface area contributed by atoms with E-state index in [-0.39, 0.29) is 11.6 Å². The zero-order valence-electron chi connectivity index (χ0n) is 8.12. The van der Waals surface area contributed by atoms with E-state index in [1.165, 1.54) is 6.92 Å². The van der Waals surface area contributed by atoms with Crippen LogP contribution in [0.15, 0.2) is 4.52 Å². The predicted octanol–water partition coefficient (Wildman–Crippen LogP) is 0.424. The van der Waals surface area contributed by atoms with Crippen LogP contribution in [-0.2, 0) is 6.42 Å². The summed E-state index contributed by atoms with van der Waals surface area (Å²) in [4.78, 5) is 14.9. The summed E-state index contributed by atoms with van der Waals surface area (Å²) in [5.41, 5.74) is 0. The monoisotopic (exact) mass is 195 g/mol. The standard InChI is InChI=1S/C9H13N3O2/c1-6(13)9-11-8(14-12-9)4-7-2-3-10-5-7/h7,10H,2-5H2,1H3. The Bertz CT molecular complexity index is 329. The van der Waals surface area contributed by atoms with E-state index >= 15 is 0 Å². The summed E-state index contributed by atoms with van der Waals surface area (Å²) >= 11 is 0. The fourth-order valence-corrected chi connectivity index (χ4v) is 1.62. The summed E-state index contributed by atoms with van der Waals surface area (Å²) in [6.45, 7) is 3.49. The number of Topliss-reactive ketones (excluding diaryl/α,β-unsaturated/α-hetero) is 1. The molecule has 14 heavy (non-hydrogen) atoms. The van der Waals surface area contributed by atoms with Gasteiger partial charge < -0.3 is 9.84 Å². The number of carbonyl (C=O) groups is 1. The number of hydrogen-bond acceptors (Lipinski definition) is 5. The molecule has 0 bridgehead atoms. The summed E-state index contributed by atoms with van der Waals surface area (Å²) in [7, 11) is 0. The minimum absolute atomic E-state index is 0.149. The minimum Gasteiger partial charge on any atom is -0.339 e. The number of hydrogen-bond donors (Lipinski definition) is 1. The Morgan fingerprint density at radius 2 is 2.57 bits per heavy atom. The molecule has 1 N–H and O–H groups in total. The van der Waals surface area contributed by atoms with Gasteiger partial charge in [0, 0.05) is 13.3 Å². The maximum atomic E-state index is 10.9. The fourth-order valence-electron chi connectivity index (χ4n) is 1.62. The smallest absolute Gasteiger partial charge is 0.238 e. The quantitative estimate of drug-likeness (QED) is 0.708. The van der Waals surface area contributed by atoms with E-state index in [0.29, 0.717) is 11.8 Å². The summed E-state index contributed by atoms with van der Waals surface area (Å²) in [6, 6.07) is 0. The first kappa shape index (κ1) is 9.33. The maximum Gasteiger partial charge on any atom is 0.238 e. The van der Waals surface area contributed by atoms with Crippen LogP contribution in [0, 0.1) is 5.92 Å². The lowest BCUT2D eigenvalue weighted by molar-refractivity contribution is 0.100. The van der Waals surface area contributed by atoms with Crippen LogP contribution in [0.1, 0.15) is 29.9 Å². The van der Waals surface area contributed by atoms with E-state index in [0.717, 1.165) is 25.9 Å². The van der Waals surface area contributed by atoms with Gasteiger partial charge >= 0.3 is 0 Å². The van der Waals surface area contributed by atoms with Crippen molar-refractivity contribution in [2.45, 2.75) is 19.8 Å². The third-order valence-corrected chi connectivity index (χ3v) is 2.41. The Kier molecular flexibility index (Phi) is 2.58. The fraction of sp³-hybridized carbons (Fsp3) is 0.667. The van der Waals surface area contributed by atoms with Crippen LogP contribution in [-0.4, -0.2) is 29.0 Å². The van der Waals surface area contributed by atoms with Crippen molar-refractivity contribution in [3.8, 4) is 0 Å². The first-order valence-electron chi connectivity index (χ1n) is 4.80. The molecular formula is C9H13N3O2. The Morgan fingerprint density at radius 1 is 1.71 bits per heavy atom. The molecule has 1 unspecified atom stereocenters. The van der Waals surface area contributed by atoms with Gasteiger partial charge in [0.25, 0.3) is 0 Å². The molecule has 1 aromatic rings. The van der Waals surface area contributed by atoms with Crippen molar-refractivity contribution in [3.63, 3.8) is 0 Å². The van der Waals surface area contributed by atoms with Crippen molar-refractivity contribution in [1.29, 1.82) is 0 Å². The minimum atomic E-state index is -0.149. The molecule has 1 aliphatic rings. The molecule has 1 aromatic heterocycles. The second-order valence-electron chi connectivity index (χ2n) is 3.63. The molecule has 0 saturated carbocycles. The van der Waals surface area contributed by atoms with E-state index in [1.54, 1.807) is 0 Å². The molecular weight excluding hydrogens is 182 g/mol. The summed E-state index contributed by atoms with van der Waals surface area (Å²) in [6.07, 6.45) is 1.91. The lowest BCUT2D eigenvalue weighted by Gasteiger charge is -2.01. The number of ketones is 1. The van der Waals surface area contributed by atoms with Gasteiger partial charge in [-0.05, 0) is 25.4 Å². The van der Waals surface area contributed by atoms with Crippen molar-refractivity contribution in [2.24, 2.45) is 5.92 Å². The largest absolute Gasteiger partial charge is 0.339 e. The zero-order chi connectivity index (χ0) is 9.97. The molecule has 1 fully saturated rings. The summed E-state index contributed by atoms with van der Waals surface area (Å²) in [5, 5.41) is 6.87. The van der Waals surface area contributed by atoms with Crippen LogP contribution in [0.25, 0.3) is 0 Å². The van der Waals surface area contributed by atoms with Crippen LogP contribution in [0.3, 0.4) is 0 Å². The molecule has 1 atom stereocenters. The van der Waals surface area contributed by atoms with E-state index in [9.17, 15) is 4.79 Å². The van der Waals surface area contributed by atoms with Crippen molar-refractivity contribution in [1.82, 2.24) is 15.5 Å². The molecule has 5 nitrogen and oxygen atoms in total. The highest BCUT2D eigenvalue weighted by atomic mass is 16.5. The van der Waals surface area contributed by atoms with Crippen LogP contribution in [0.2, 0.25) is 0 Å². The van der Waals surface area contributed by atoms with E-state index in [4.69, 9.17) is 4.52 Å². The topological polar surface area (TPSA) is 68.0 Å². The SMILES string of the molecule is CC(=O)c1noc(CC2CCNC2)n1. The second-order valence-corrected chi connectivity index (χ2v) is 3.63. The van der Waals surface area contributed by atoms with Crippen molar-refractivity contribution < 1.29 is 9.32 Å². The first-order chi connectivity index (χ1) is 6.75. The van der Waals surface area contributed by atoms with Crippen molar-refractivity contribution in [3.05, 3.63) is 11.7 Å². The molecule has 0 spiro atoms.